The molecule has 2 N–H and O–H groups in total. The molecule has 0 amide bonds. The van der Waals surface area contributed by atoms with E-state index >= 15 is 0 Å². The third kappa shape index (κ3) is 4.07. The monoisotopic (exact) mass is 325 g/mol. The van der Waals surface area contributed by atoms with Gasteiger partial charge in [0, 0.05) is 10.7 Å². The molecule has 3 nitrogen and oxygen atoms in total. The number of nitrogens with one attached hydrogen (secondary N) is 2. The SMILES string of the molecule is Cc1cc(C)nc(NC(=S)Nc2cc(Cl)ccc2Cl)c1. The second kappa shape index (κ2) is 6.39. The lowest BCUT2D eigenvalue weighted by Crippen LogP contribution is -2.20. The van der Waals surface area contributed by atoms with Crippen LogP contribution in [0.15, 0.2) is 30.3 Å². The summed E-state index contributed by atoms with van der Waals surface area (Å²) in [5.41, 5.74) is 2.70. The largest absolute Gasteiger partial charge is 0.331 e. The van der Waals surface area contributed by atoms with E-state index in [9.17, 15) is 0 Å². The zero-order chi connectivity index (χ0) is 14.7. The molecule has 0 aliphatic rings. The van der Waals surface area contributed by atoms with Gasteiger partial charge in [-0.05, 0) is 62.0 Å². The predicted octanol–water partition coefficient (Wildman–Crippen LogP) is 4.81. The lowest BCUT2D eigenvalue weighted by Gasteiger charge is -2.12. The van der Waals surface area contributed by atoms with Crippen LogP contribution in [0, 0.1) is 13.8 Å². The Bertz CT molecular complexity index is 639. The van der Waals surface area contributed by atoms with Gasteiger partial charge in [-0.15, -0.1) is 0 Å². The number of thiocarbonyl (C=S) groups is 1. The summed E-state index contributed by atoms with van der Waals surface area (Å²) in [4.78, 5) is 4.36. The lowest BCUT2D eigenvalue weighted by molar-refractivity contribution is 1.18. The summed E-state index contributed by atoms with van der Waals surface area (Å²) in [5, 5.41) is 7.57. The summed E-state index contributed by atoms with van der Waals surface area (Å²) in [5.74, 6) is 0.693. The van der Waals surface area contributed by atoms with Crippen molar-refractivity contribution in [1.29, 1.82) is 0 Å². The molecular formula is C14H13Cl2N3S. The zero-order valence-corrected chi connectivity index (χ0v) is 13.3. The number of hydrogen-bond donors (Lipinski definition) is 2. The Morgan fingerprint density at radius 2 is 1.85 bits per heavy atom. The van der Waals surface area contributed by atoms with Crippen LogP contribution in [0.2, 0.25) is 10.0 Å². The highest BCUT2D eigenvalue weighted by atomic mass is 35.5. The molecule has 0 saturated carbocycles. The van der Waals surface area contributed by atoms with Gasteiger partial charge in [-0.25, -0.2) is 4.98 Å². The van der Waals surface area contributed by atoms with Gasteiger partial charge in [-0.1, -0.05) is 23.2 Å². The van der Waals surface area contributed by atoms with E-state index < -0.39 is 0 Å². The number of hydrogen-bond acceptors (Lipinski definition) is 2. The summed E-state index contributed by atoms with van der Waals surface area (Å²) < 4.78 is 0. The first-order chi connectivity index (χ1) is 9.44. The number of benzene rings is 1. The number of anilines is 2. The molecule has 0 bridgehead atoms. The van der Waals surface area contributed by atoms with E-state index in [1.54, 1.807) is 18.2 Å². The third-order valence-corrected chi connectivity index (χ3v) is 3.28. The van der Waals surface area contributed by atoms with Crippen LogP contribution in [0.3, 0.4) is 0 Å². The Morgan fingerprint density at radius 1 is 1.10 bits per heavy atom. The Labute approximate surface area is 133 Å². The maximum Gasteiger partial charge on any atom is 0.176 e. The first-order valence-corrected chi connectivity index (χ1v) is 7.09. The van der Waals surface area contributed by atoms with Crippen molar-refractivity contribution in [2.75, 3.05) is 10.6 Å². The van der Waals surface area contributed by atoms with Crippen LogP contribution < -0.4 is 10.6 Å². The minimum Gasteiger partial charge on any atom is -0.331 e. The zero-order valence-electron chi connectivity index (χ0n) is 11.0. The van der Waals surface area contributed by atoms with Crippen LogP contribution >= 0.6 is 35.4 Å². The van der Waals surface area contributed by atoms with Crippen molar-refractivity contribution in [2.24, 2.45) is 0 Å². The van der Waals surface area contributed by atoms with Gasteiger partial charge in [0.1, 0.15) is 5.82 Å². The number of aromatic nitrogens is 1. The first-order valence-electron chi connectivity index (χ1n) is 5.92. The van der Waals surface area contributed by atoms with Crippen molar-refractivity contribution in [1.82, 2.24) is 4.98 Å². The summed E-state index contributed by atoms with van der Waals surface area (Å²) in [6.45, 7) is 3.94. The number of pyridine rings is 1. The number of nitrogens with zero attached hydrogens (tertiary/aromatic N) is 1. The molecule has 1 aromatic carbocycles. The third-order valence-electron chi connectivity index (χ3n) is 2.52. The van der Waals surface area contributed by atoms with Gasteiger partial charge in [-0.2, -0.15) is 0 Å². The number of halogens is 2. The van der Waals surface area contributed by atoms with Crippen LogP contribution in [0.25, 0.3) is 0 Å². The molecule has 0 saturated heterocycles. The average Bonchev–Trinajstić information content (AvgIpc) is 2.32. The van der Waals surface area contributed by atoms with Crippen LogP contribution in [-0.4, -0.2) is 10.1 Å². The maximum absolute atomic E-state index is 6.07. The van der Waals surface area contributed by atoms with E-state index in [0.29, 0.717) is 26.7 Å². The van der Waals surface area contributed by atoms with E-state index in [0.717, 1.165) is 11.3 Å². The molecule has 0 aliphatic carbocycles. The minimum atomic E-state index is 0.409. The van der Waals surface area contributed by atoms with E-state index in [2.05, 4.69) is 15.6 Å². The van der Waals surface area contributed by atoms with Crippen LogP contribution in [-0.2, 0) is 0 Å². The molecule has 20 heavy (non-hydrogen) atoms. The van der Waals surface area contributed by atoms with Crippen molar-refractivity contribution in [3.8, 4) is 0 Å². The quantitative estimate of drug-likeness (QED) is 0.776. The summed E-state index contributed by atoms with van der Waals surface area (Å²) >= 11 is 17.2. The molecule has 2 aromatic rings. The molecule has 0 fully saturated rings. The maximum atomic E-state index is 6.07. The highest BCUT2D eigenvalue weighted by Gasteiger charge is 2.05. The average molecular weight is 326 g/mol. The molecule has 2 rings (SSSR count). The Hall–Kier alpha value is -1.36. The highest BCUT2D eigenvalue weighted by Crippen LogP contribution is 2.25. The fraction of sp³-hybridized carbons (Fsp3) is 0.143. The van der Waals surface area contributed by atoms with Crippen LogP contribution in [0.1, 0.15) is 11.3 Å². The molecule has 0 atom stereocenters. The normalized spacial score (nSPS) is 10.2. The van der Waals surface area contributed by atoms with E-state index in [1.807, 2.05) is 26.0 Å². The van der Waals surface area contributed by atoms with Gasteiger partial charge in [0.05, 0.1) is 10.7 Å². The predicted molar refractivity (Wildman–Crippen MR) is 90.0 cm³/mol. The number of aryl methyl sites for hydroxylation is 2. The van der Waals surface area contributed by atoms with Crippen molar-refractivity contribution in [3.05, 3.63) is 51.6 Å². The second-order valence-electron chi connectivity index (χ2n) is 4.37. The fourth-order valence-electron chi connectivity index (χ4n) is 1.77. The van der Waals surface area contributed by atoms with Crippen molar-refractivity contribution >= 4 is 52.0 Å². The standard InChI is InChI=1S/C14H13Cl2N3S/c1-8-5-9(2)17-13(6-8)19-14(20)18-12-7-10(15)3-4-11(12)16/h3-7H,1-2H3,(H2,17,18,19,20). The van der Waals surface area contributed by atoms with Crippen LogP contribution in [0.5, 0.6) is 0 Å². The molecule has 1 aromatic heterocycles. The van der Waals surface area contributed by atoms with Gasteiger partial charge >= 0.3 is 0 Å². The molecule has 104 valence electrons. The molecule has 6 heteroatoms. The highest BCUT2D eigenvalue weighted by molar-refractivity contribution is 7.80. The Balaban J connectivity index is 2.11. The van der Waals surface area contributed by atoms with Gasteiger partial charge in [0.2, 0.25) is 0 Å². The topological polar surface area (TPSA) is 37.0 Å². The molecule has 0 spiro atoms. The lowest BCUT2D eigenvalue weighted by atomic mass is 10.2. The molecule has 0 unspecified atom stereocenters. The molecule has 1 heterocycles. The van der Waals surface area contributed by atoms with Crippen molar-refractivity contribution in [2.45, 2.75) is 13.8 Å². The smallest absolute Gasteiger partial charge is 0.176 e. The van der Waals surface area contributed by atoms with Gasteiger partial charge in [-0.3, -0.25) is 0 Å². The fourth-order valence-corrected chi connectivity index (χ4v) is 2.32. The van der Waals surface area contributed by atoms with Gasteiger partial charge in [0.25, 0.3) is 0 Å². The Kier molecular flexibility index (Phi) is 4.81. The van der Waals surface area contributed by atoms with E-state index in [4.69, 9.17) is 35.4 Å². The number of rotatable bonds is 2. The van der Waals surface area contributed by atoms with Gasteiger partial charge in [0.15, 0.2) is 5.11 Å². The first kappa shape index (κ1) is 15.0. The van der Waals surface area contributed by atoms with Crippen molar-refractivity contribution in [3.63, 3.8) is 0 Å². The van der Waals surface area contributed by atoms with E-state index in [1.165, 1.54) is 0 Å². The molecular weight excluding hydrogens is 313 g/mol. The summed E-state index contributed by atoms with van der Waals surface area (Å²) in [6, 6.07) is 9.06. The Morgan fingerprint density at radius 3 is 2.55 bits per heavy atom. The second-order valence-corrected chi connectivity index (χ2v) is 5.63. The molecule has 0 radical (unpaired) electrons. The molecule has 0 aliphatic heterocycles. The van der Waals surface area contributed by atoms with Crippen molar-refractivity contribution < 1.29 is 0 Å². The minimum absolute atomic E-state index is 0.409. The van der Waals surface area contributed by atoms with E-state index in [-0.39, 0.29) is 0 Å². The van der Waals surface area contributed by atoms with Gasteiger partial charge < -0.3 is 10.6 Å². The summed E-state index contributed by atoms with van der Waals surface area (Å²) in [6.07, 6.45) is 0. The summed E-state index contributed by atoms with van der Waals surface area (Å²) in [7, 11) is 0. The van der Waals surface area contributed by atoms with Crippen LogP contribution in [0.4, 0.5) is 11.5 Å².